The van der Waals surface area contributed by atoms with Crippen molar-refractivity contribution in [3.8, 4) is 0 Å². The van der Waals surface area contributed by atoms with Crippen LogP contribution in [0.2, 0.25) is 0 Å². The third-order valence-corrected chi connectivity index (χ3v) is 8.69. The number of sulfonamides is 1. The number of hydrogen-bond donors (Lipinski definition) is 0. The smallest absolute Gasteiger partial charge is 0.243 e. The van der Waals surface area contributed by atoms with Crippen LogP contribution >= 0.6 is 0 Å². The molecule has 0 atom stereocenters. The van der Waals surface area contributed by atoms with Crippen LogP contribution in [0.25, 0.3) is 0 Å². The molecule has 2 aromatic carbocycles. The van der Waals surface area contributed by atoms with E-state index in [-0.39, 0.29) is 29.7 Å². The van der Waals surface area contributed by atoms with Gasteiger partial charge in [0.25, 0.3) is 0 Å². The second kappa shape index (κ2) is 8.92. The van der Waals surface area contributed by atoms with E-state index in [0.717, 1.165) is 16.7 Å². The van der Waals surface area contributed by atoms with Crippen LogP contribution in [0, 0.1) is 19.7 Å². The predicted molar refractivity (Wildman–Crippen MR) is 119 cm³/mol. The van der Waals surface area contributed by atoms with Gasteiger partial charge in [0, 0.05) is 39.4 Å². The van der Waals surface area contributed by atoms with Crippen molar-refractivity contribution < 1.29 is 22.3 Å². The number of aryl methyl sites for hydroxylation is 2. The minimum Gasteiger partial charge on any atom is -0.381 e. The van der Waals surface area contributed by atoms with Gasteiger partial charge in [-0.05, 0) is 67.6 Å². The van der Waals surface area contributed by atoms with E-state index in [0.29, 0.717) is 39.1 Å². The molecule has 2 aliphatic rings. The second-order valence-electron chi connectivity index (χ2n) is 8.64. The van der Waals surface area contributed by atoms with E-state index in [9.17, 15) is 17.6 Å². The van der Waals surface area contributed by atoms with Crippen molar-refractivity contribution in [3.63, 3.8) is 0 Å². The van der Waals surface area contributed by atoms with E-state index in [1.807, 2.05) is 19.9 Å². The lowest BCUT2D eigenvalue weighted by atomic mass is 9.73. The Morgan fingerprint density at radius 2 is 1.56 bits per heavy atom. The zero-order valence-electron chi connectivity index (χ0n) is 18.5. The number of amides is 1. The van der Waals surface area contributed by atoms with Gasteiger partial charge in [-0.3, -0.25) is 4.79 Å². The molecule has 2 fully saturated rings. The number of benzene rings is 2. The maximum atomic E-state index is 13.7. The Bertz CT molecular complexity index is 1090. The molecule has 2 heterocycles. The van der Waals surface area contributed by atoms with Gasteiger partial charge >= 0.3 is 0 Å². The molecule has 172 valence electrons. The number of ether oxygens (including phenoxy) is 1. The van der Waals surface area contributed by atoms with Gasteiger partial charge in [-0.15, -0.1) is 0 Å². The molecule has 2 aliphatic heterocycles. The zero-order chi connectivity index (χ0) is 22.9. The Kier molecular flexibility index (Phi) is 6.38. The SMILES string of the molecule is Cc1ccc(S(=O)(=O)N2CCN(C(=O)C3(c4ccc(F)cc4)CCOCC3)CC2)cc1C. The van der Waals surface area contributed by atoms with Crippen molar-refractivity contribution in [1.29, 1.82) is 0 Å². The first-order valence-electron chi connectivity index (χ1n) is 10.9. The minimum atomic E-state index is -3.61. The largest absolute Gasteiger partial charge is 0.381 e. The molecule has 0 saturated carbocycles. The zero-order valence-corrected chi connectivity index (χ0v) is 19.3. The Labute approximate surface area is 189 Å². The molecular weight excluding hydrogens is 431 g/mol. The van der Waals surface area contributed by atoms with Crippen molar-refractivity contribution in [2.75, 3.05) is 39.4 Å². The summed E-state index contributed by atoms with van der Waals surface area (Å²) in [6.45, 7) is 5.92. The van der Waals surface area contributed by atoms with E-state index in [1.54, 1.807) is 29.2 Å². The molecule has 0 aliphatic carbocycles. The van der Waals surface area contributed by atoms with Crippen LogP contribution in [0.1, 0.15) is 29.5 Å². The van der Waals surface area contributed by atoms with Gasteiger partial charge < -0.3 is 9.64 Å². The molecular formula is C24H29FN2O4S. The Hall–Kier alpha value is -2.29. The summed E-state index contributed by atoms with van der Waals surface area (Å²) < 4.78 is 46.7. The summed E-state index contributed by atoms with van der Waals surface area (Å²) in [5, 5.41) is 0. The third-order valence-electron chi connectivity index (χ3n) is 6.79. The van der Waals surface area contributed by atoms with Crippen LogP contribution in [0.4, 0.5) is 4.39 Å². The Morgan fingerprint density at radius 1 is 0.938 bits per heavy atom. The summed E-state index contributed by atoms with van der Waals surface area (Å²) in [6.07, 6.45) is 1.05. The van der Waals surface area contributed by atoms with Gasteiger partial charge in [-0.1, -0.05) is 18.2 Å². The van der Waals surface area contributed by atoms with Gasteiger partial charge in [0.2, 0.25) is 15.9 Å². The van der Waals surface area contributed by atoms with Crippen LogP contribution in [-0.2, 0) is 25.0 Å². The number of carbonyl (C=O) groups is 1. The highest BCUT2D eigenvalue weighted by Crippen LogP contribution is 2.37. The standard InChI is InChI=1S/C24H29FN2O4S/c1-18-3-8-22(17-19(18)2)32(29,30)27-13-11-26(12-14-27)23(28)24(9-15-31-16-10-24)20-4-6-21(25)7-5-20/h3-8,17H,9-16H2,1-2H3. The number of carbonyl (C=O) groups excluding carboxylic acids is 1. The quantitative estimate of drug-likeness (QED) is 0.704. The first-order chi connectivity index (χ1) is 15.2. The molecule has 0 unspecified atom stereocenters. The lowest BCUT2D eigenvalue weighted by Gasteiger charge is -2.42. The monoisotopic (exact) mass is 460 g/mol. The van der Waals surface area contributed by atoms with Gasteiger partial charge in [0.05, 0.1) is 10.3 Å². The maximum Gasteiger partial charge on any atom is 0.243 e. The number of halogens is 1. The molecule has 0 bridgehead atoms. The summed E-state index contributed by atoms with van der Waals surface area (Å²) in [7, 11) is -3.61. The first-order valence-corrected chi connectivity index (χ1v) is 12.4. The Morgan fingerprint density at radius 3 is 2.16 bits per heavy atom. The maximum absolute atomic E-state index is 13.7. The van der Waals surface area contributed by atoms with Crippen molar-refractivity contribution >= 4 is 15.9 Å². The highest BCUT2D eigenvalue weighted by atomic mass is 32.2. The minimum absolute atomic E-state index is 0.0318. The fourth-order valence-electron chi connectivity index (χ4n) is 4.57. The molecule has 0 spiro atoms. The predicted octanol–water partition coefficient (Wildman–Crippen LogP) is 3.02. The van der Waals surface area contributed by atoms with E-state index < -0.39 is 15.4 Å². The van der Waals surface area contributed by atoms with E-state index >= 15 is 0 Å². The number of hydrogen-bond acceptors (Lipinski definition) is 4. The van der Waals surface area contributed by atoms with Crippen molar-refractivity contribution in [1.82, 2.24) is 9.21 Å². The van der Waals surface area contributed by atoms with Crippen LogP contribution in [0.5, 0.6) is 0 Å². The number of nitrogens with zero attached hydrogens (tertiary/aromatic N) is 2. The average Bonchev–Trinajstić information content (AvgIpc) is 2.81. The fraction of sp³-hybridized carbons (Fsp3) is 0.458. The molecule has 0 aromatic heterocycles. The highest BCUT2D eigenvalue weighted by Gasteiger charge is 2.45. The fourth-order valence-corrected chi connectivity index (χ4v) is 6.08. The molecule has 0 radical (unpaired) electrons. The van der Waals surface area contributed by atoms with E-state index in [4.69, 9.17) is 4.74 Å². The first kappa shape index (κ1) is 22.9. The van der Waals surface area contributed by atoms with Gasteiger partial charge in [-0.25, -0.2) is 12.8 Å². The van der Waals surface area contributed by atoms with Crippen molar-refractivity contribution in [2.24, 2.45) is 0 Å². The topological polar surface area (TPSA) is 66.9 Å². The summed E-state index contributed by atoms with van der Waals surface area (Å²) in [5.41, 5.74) is 2.00. The number of rotatable bonds is 4. The van der Waals surface area contributed by atoms with Crippen LogP contribution in [0.15, 0.2) is 47.4 Å². The molecule has 2 aromatic rings. The van der Waals surface area contributed by atoms with Gasteiger partial charge in [0.15, 0.2) is 0 Å². The van der Waals surface area contributed by atoms with E-state index in [2.05, 4.69) is 0 Å². The van der Waals surface area contributed by atoms with Gasteiger partial charge in [0.1, 0.15) is 5.82 Å². The molecule has 8 heteroatoms. The third kappa shape index (κ3) is 4.19. The molecule has 4 rings (SSSR count). The average molecular weight is 461 g/mol. The van der Waals surface area contributed by atoms with Crippen molar-refractivity contribution in [2.45, 2.75) is 37.0 Å². The molecule has 6 nitrogen and oxygen atoms in total. The van der Waals surface area contributed by atoms with Crippen LogP contribution < -0.4 is 0 Å². The van der Waals surface area contributed by atoms with Crippen LogP contribution in [-0.4, -0.2) is 62.9 Å². The number of piperazine rings is 1. The molecule has 32 heavy (non-hydrogen) atoms. The van der Waals surface area contributed by atoms with E-state index in [1.165, 1.54) is 16.4 Å². The van der Waals surface area contributed by atoms with Gasteiger partial charge in [-0.2, -0.15) is 4.31 Å². The summed E-state index contributed by atoms with van der Waals surface area (Å²) in [5.74, 6) is -0.371. The normalized spacial score (nSPS) is 19.7. The highest BCUT2D eigenvalue weighted by molar-refractivity contribution is 7.89. The Balaban J connectivity index is 1.51. The summed E-state index contributed by atoms with van der Waals surface area (Å²) in [6, 6.07) is 11.3. The summed E-state index contributed by atoms with van der Waals surface area (Å²) in [4.78, 5) is 15.7. The molecule has 0 N–H and O–H groups in total. The summed E-state index contributed by atoms with van der Waals surface area (Å²) >= 11 is 0. The van der Waals surface area contributed by atoms with Crippen LogP contribution in [0.3, 0.4) is 0 Å². The second-order valence-corrected chi connectivity index (χ2v) is 10.6. The lowest BCUT2D eigenvalue weighted by molar-refractivity contribution is -0.142. The van der Waals surface area contributed by atoms with Crippen molar-refractivity contribution in [3.05, 3.63) is 65.0 Å². The lowest BCUT2D eigenvalue weighted by Crippen LogP contribution is -2.56. The molecule has 2 saturated heterocycles. The molecule has 1 amide bonds.